The zero-order chi connectivity index (χ0) is 31.1. The Bertz CT molecular complexity index is 1800. The first-order valence-electron chi connectivity index (χ1n) is 13.2. The molecule has 43 heavy (non-hydrogen) atoms. The predicted molar refractivity (Wildman–Crippen MR) is 164 cm³/mol. The molecule has 0 bridgehead atoms. The van der Waals surface area contributed by atoms with Gasteiger partial charge < -0.3 is 23.7 Å². The zero-order valence-corrected chi connectivity index (χ0v) is 26.4. The lowest BCUT2D eigenvalue weighted by Crippen LogP contribution is -2.40. The summed E-state index contributed by atoms with van der Waals surface area (Å²) in [6.45, 7) is 5.40. The van der Waals surface area contributed by atoms with Gasteiger partial charge in [0.15, 0.2) is 22.9 Å². The van der Waals surface area contributed by atoms with Crippen LogP contribution in [0.2, 0.25) is 0 Å². The molecule has 0 saturated heterocycles. The number of terminal acetylenes is 1. The Balaban J connectivity index is 1.91. The number of nitrogens with zero attached hydrogens (tertiary/aromatic N) is 2. The number of aromatic nitrogens is 1. The highest BCUT2D eigenvalue weighted by Gasteiger charge is 2.34. The van der Waals surface area contributed by atoms with Crippen molar-refractivity contribution >= 4 is 45.3 Å². The number of allylic oxidation sites excluding steroid dienone is 1. The molecule has 1 aliphatic heterocycles. The van der Waals surface area contributed by atoms with Gasteiger partial charge in [0, 0.05) is 10.0 Å². The van der Waals surface area contributed by atoms with Gasteiger partial charge in [0.1, 0.15) is 12.4 Å². The van der Waals surface area contributed by atoms with Gasteiger partial charge in [-0.3, -0.25) is 9.36 Å². The van der Waals surface area contributed by atoms with Crippen molar-refractivity contribution in [3.05, 3.63) is 83.0 Å². The number of esters is 2. The van der Waals surface area contributed by atoms with Gasteiger partial charge in [0.05, 0.1) is 42.2 Å². The molecule has 0 radical (unpaired) electrons. The molecule has 0 aliphatic carbocycles. The van der Waals surface area contributed by atoms with Crippen molar-refractivity contribution in [2.24, 2.45) is 4.99 Å². The second kappa shape index (κ2) is 14.2. The summed E-state index contributed by atoms with van der Waals surface area (Å²) in [5.74, 6) is 2.43. The molecule has 2 heterocycles. The first kappa shape index (κ1) is 31.6. The van der Waals surface area contributed by atoms with Crippen molar-refractivity contribution in [3.8, 4) is 29.6 Å². The minimum Gasteiger partial charge on any atom is -0.490 e. The molecule has 1 aromatic heterocycles. The van der Waals surface area contributed by atoms with E-state index in [-0.39, 0.29) is 31.0 Å². The lowest BCUT2D eigenvalue weighted by atomic mass is 9.95. The summed E-state index contributed by atoms with van der Waals surface area (Å²) in [6.07, 6.45) is 7.08. The van der Waals surface area contributed by atoms with Crippen LogP contribution in [0, 0.1) is 12.3 Å². The first-order valence-corrected chi connectivity index (χ1v) is 14.8. The normalized spacial score (nSPS) is 14.3. The number of carbonyl (C=O) groups excluding carboxylic acids is 2. The lowest BCUT2D eigenvalue weighted by Gasteiger charge is -2.25. The minimum absolute atomic E-state index is 0.0628. The highest BCUT2D eigenvalue weighted by atomic mass is 79.9. The van der Waals surface area contributed by atoms with E-state index in [4.69, 9.17) is 25.4 Å². The maximum atomic E-state index is 14.0. The topological polar surface area (TPSA) is 115 Å². The predicted octanol–water partition coefficient (Wildman–Crippen LogP) is 3.52. The number of thiazole rings is 1. The van der Waals surface area contributed by atoms with Gasteiger partial charge in [-0.15, -0.1) is 6.42 Å². The summed E-state index contributed by atoms with van der Waals surface area (Å²) in [7, 11) is 1.27. The van der Waals surface area contributed by atoms with E-state index < -0.39 is 18.0 Å². The van der Waals surface area contributed by atoms with E-state index in [1.54, 1.807) is 51.1 Å². The van der Waals surface area contributed by atoms with Gasteiger partial charge in [0.2, 0.25) is 0 Å². The number of rotatable bonds is 11. The smallest absolute Gasteiger partial charge is 0.343 e. The maximum Gasteiger partial charge on any atom is 0.343 e. The summed E-state index contributed by atoms with van der Waals surface area (Å²) in [4.78, 5) is 44.0. The fourth-order valence-electron chi connectivity index (χ4n) is 4.41. The number of ether oxygens (including phenoxy) is 5. The molecule has 0 fully saturated rings. The molecular formula is C31H29BrN2O8S. The standard InChI is InChI=1S/C31H29BrN2O8S/c1-6-13-41-22-12-10-21(32)14-20(22)16-25-29(36)34-28(27(30(37)40-8-3)18(4)33-31(34)43-25)19-9-11-23(24(15-19)39-7-2)42-17-26(35)38-5/h1,9-12,14-16,28H,7-8,13,17H2,2-5H3/b25-16+/t28-/m0/s1. The number of carbonyl (C=O) groups is 2. The SMILES string of the molecule is C#CCOc1ccc(Br)cc1/C=c1/sc2n(c1=O)[C@@H](c1ccc(OCC(=O)OC)c(OCC)c1)C(C(=O)OCC)=C(C)N=2. The molecule has 12 heteroatoms. The molecule has 1 aliphatic rings. The van der Waals surface area contributed by atoms with Crippen LogP contribution < -0.4 is 29.1 Å². The van der Waals surface area contributed by atoms with Crippen LogP contribution in [0.3, 0.4) is 0 Å². The summed E-state index contributed by atoms with van der Waals surface area (Å²) in [5, 5.41) is 0. The third-order valence-electron chi connectivity index (χ3n) is 6.24. The van der Waals surface area contributed by atoms with Gasteiger partial charge in [-0.05, 0) is 62.7 Å². The molecule has 1 atom stereocenters. The fourth-order valence-corrected chi connectivity index (χ4v) is 5.83. The third-order valence-corrected chi connectivity index (χ3v) is 7.72. The Labute approximate surface area is 260 Å². The number of methoxy groups -OCH3 is 1. The van der Waals surface area contributed by atoms with E-state index in [1.807, 2.05) is 12.1 Å². The molecule has 10 nitrogen and oxygen atoms in total. The van der Waals surface area contributed by atoms with Crippen LogP contribution in [0.5, 0.6) is 17.2 Å². The van der Waals surface area contributed by atoms with Crippen LogP contribution in [0.25, 0.3) is 6.08 Å². The summed E-state index contributed by atoms with van der Waals surface area (Å²) in [5.41, 5.74) is 1.46. The maximum absolute atomic E-state index is 14.0. The Hall–Kier alpha value is -4.34. The van der Waals surface area contributed by atoms with Crippen LogP contribution in [0.15, 0.2) is 61.9 Å². The minimum atomic E-state index is -0.883. The Morgan fingerprint density at radius 2 is 1.86 bits per heavy atom. The Kier molecular flexibility index (Phi) is 10.4. The molecular weight excluding hydrogens is 640 g/mol. The summed E-state index contributed by atoms with van der Waals surface area (Å²) in [6, 6.07) is 9.51. The zero-order valence-electron chi connectivity index (χ0n) is 24.0. The van der Waals surface area contributed by atoms with E-state index in [0.29, 0.717) is 50.0 Å². The molecule has 0 spiro atoms. The van der Waals surface area contributed by atoms with Gasteiger partial charge in [-0.25, -0.2) is 14.6 Å². The number of benzene rings is 2. The number of fused-ring (bicyclic) bond motifs is 1. The van der Waals surface area contributed by atoms with Crippen molar-refractivity contribution in [2.75, 3.05) is 33.5 Å². The van der Waals surface area contributed by atoms with Crippen LogP contribution in [-0.4, -0.2) is 50.0 Å². The van der Waals surface area contributed by atoms with E-state index in [2.05, 4.69) is 31.6 Å². The second-order valence-electron chi connectivity index (χ2n) is 8.98. The van der Waals surface area contributed by atoms with Crippen molar-refractivity contribution in [1.82, 2.24) is 4.57 Å². The van der Waals surface area contributed by atoms with E-state index in [1.165, 1.54) is 23.0 Å². The largest absolute Gasteiger partial charge is 0.490 e. The molecule has 0 unspecified atom stereocenters. The second-order valence-corrected chi connectivity index (χ2v) is 10.9. The van der Waals surface area contributed by atoms with Crippen LogP contribution in [-0.2, 0) is 19.1 Å². The van der Waals surface area contributed by atoms with Gasteiger partial charge in [-0.2, -0.15) is 0 Å². The van der Waals surface area contributed by atoms with Crippen molar-refractivity contribution < 1.29 is 33.3 Å². The van der Waals surface area contributed by atoms with E-state index in [0.717, 1.165) is 4.47 Å². The van der Waals surface area contributed by atoms with Gasteiger partial charge >= 0.3 is 11.9 Å². The molecule has 0 amide bonds. The quantitative estimate of drug-likeness (QED) is 0.225. The molecule has 224 valence electrons. The molecule has 3 aromatic rings. The highest BCUT2D eigenvalue weighted by Crippen LogP contribution is 2.36. The van der Waals surface area contributed by atoms with Crippen LogP contribution >= 0.6 is 27.3 Å². The van der Waals surface area contributed by atoms with Gasteiger partial charge in [0.25, 0.3) is 5.56 Å². The van der Waals surface area contributed by atoms with E-state index >= 15 is 0 Å². The number of hydrogen-bond acceptors (Lipinski definition) is 10. The van der Waals surface area contributed by atoms with Crippen molar-refractivity contribution in [1.29, 1.82) is 0 Å². The highest BCUT2D eigenvalue weighted by molar-refractivity contribution is 9.10. The number of halogens is 1. The molecule has 0 N–H and O–H groups in total. The Morgan fingerprint density at radius 3 is 2.56 bits per heavy atom. The average molecular weight is 670 g/mol. The van der Waals surface area contributed by atoms with Crippen molar-refractivity contribution in [3.63, 3.8) is 0 Å². The first-order chi connectivity index (χ1) is 20.7. The number of hydrogen-bond donors (Lipinski definition) is 0. The van der Waals surface area contributed by atoms with Crippen LogP contribution in [0.1, 0.15) is 37.9 Å². The third kappa shape index (κ3) is 7.01. The van der Waals surface area contributed by atoms with Crippen LogP contribution in [0.4, 0.5) is 0 Å². The average Bonchev–Trinajstić information content (AvgIpc) is 3.29. The van der Waals surface area contributed by atoms with Gasteiger partial charge in [-0.1, -0.05) is 39.3 Å². The molecule has 4 rings (SSSR count). The monoisotopic (exact) mass is 668 g/mol. The van der Waals surface area contributed by atoms with E-state index in [9.17, 15) is 14.4 Å². The fraction of sp³-hybridized carbons (Fsp3) is 0.290. The summed E-state index contributed by atoms with van der Waals surface area (Å²) >= 11 is 4.65. The molecule has 2 aromatic carbocycles. The molecule has 0 saturated carbocycles. The lowest BCUT2D eigenvalue weighted by molar-refractivity contribution is -0.143. The Morgan fingerprint density at radius 1 is 1.09 bits per heavy atom. The van der Waals surface area contributed by atoms with Crippen molar-refractivity contribution in [2.45, 2.75) is 26.8 Å². The summed E-state index contributed by atoms with van der Waals surface area (Å²) < 4.78 is 29.8.